The first-order valence-corrected chi connectivity index (χ1v) is 10.9. The topological polar surface area (TPSA) is 107 Å². The molecule has 0 bridgehead atoms. The van der Waals surface area contributed by atoms with Crippen LogP contribution in [0.5, 0.6) is 0 Å². The highest BCUT2D eigenvalue weighted by Gasteiger charge is 2.20. The lowest BCUT2D eigenvalue weighted by Gasteiger charge is -2.26. The van der Waals surface area contributed by atoms with E-state index in [0.29, 0.717) is 43.5 Å². The molecule has 2 amide bonds. The number of ether oxygens (including phenoxy) is 2. The van der Waals surface area contributed by atoms with E-state index in [2.05, 4.69) is 15.3 Å². The minimum absolute atomic E-state index is 0.0894. The second-order valence-electron chi connectivity index (χ2n) is 8.98. The number of furan rings is 1. The fourth-order valence-corrected chi connectivity index (χ4v) is 3.61. The summed E-state index contributed by atoms with van der Waals surface area (Å²) in [5.74, 6) is 1.05. The van der Waals surface area contributed by atoms with Gasteiger partial charge in [0.1, 0.15) is 16.9 Å². The molecule has 1 aliphatic heterocycles. The molecule has 9 nitrogen and oxygen atoms in total. The van der Waals surface area contributed by atoms with Gasteiger partial charge < -0.3 is 24.1 Å². The fraction of sp³-hybridized carbons (Fsp3) is 0.417. The largest absolute Gasteiger partial charge is 0.459 e. The second-order valence-corrected chi connectivity index (χ2v) is 8.98. The molecule has 2 aromatic heterocycles. The number of aromatic nitrogens is 2. The lowest BCUT2D eigenvalue weighted by atomic mass is 10.1. The van der Waals surface area contributed by atoms with Crippen molar-refractivity contribution in [3.05, 3.63) is 47.5 Å². The summed E-state index contributed by atoms with van der Waals surface area (Å²) in [6.07, 6.45) is 2.62. The van der Waals surface area contributed by atoms with Crippen LogP contribution in [0.1, 0.15) is 42.5 Å². The molecule has 1 aliphatic rings. The zero-order valence-electron chi connectivity index (χ0n) is 19.3. The van der Waals surface area contributed by atoms with Gasteiger partial charge in [-0.15, -0.1) is 0 Å². The third kappa shape index (κ3) is 5.48. The quantitative estimate of drug-likeness (QED) is 0.643. The van der Waals surface area contributed by atoms with Crippen LogP contribution < -0.4 is 5.32 Å². The van der Waals surface area contributed by atoms with Crippen molar-refractivity contribution in [2.24, 2.45) is 0 Å². The van der Waals surface area contributed by atoms with Crippen LogP contribution in [0.25, 0.3) is 22.4 Å². The Hall–Kier alpha value is -3.46. The van der Waals surface area contributed by atoms with Crippen LogP contribution in [-0.4, -0.2) is 58.8 Å². The first-order valence-electron chi connectivity index (χ1n) is 10.9. The predicted octanol–water partition coefficient (Wildman–Crippen LogP) is 3.70. The van der Waals surface area contributed by atoms with Crippen LogP contribution in [0.4, 0.5) is 4.79 Å². The molecule has 174 valence electrons. The maximum absolute atomic E-state index is 12.6. The van der Waals surface area contributed by atoms with Gasteiger partial charge in [-0.3, -0.25) is 4.79 Å². The molecule has 33 heavy (non-hydrogen) atoms. The lowest BCUT2D eigenvalue weighted by molar-refractivity contribution is 0.0302. The third-order valence-corrected chi connectivity index (χ3v) is 5.11. The minimum atomic E-state index is -0.564. The normalized spacial score (nSPS) is 14.4. The summed E-state index contributed by atoms with van der Waals surface area (Å²) in [5.41, 5.74) is 2.36. The lowest BCUT2D eigenvalue weighted by Crippen LogP contribution is -2.40. The van der Waals surface area contributed by atoms with Crippen LogP contribution >= 0.6 is 0 Å². The van der Waals surface area contributed by atoms with Crippen molar-refractivity contribution in [2.45, 2.75) is 39.8 Å². The molecule has 1 aromatic carbocycles. The van der Waals surface area contributed by atoms with Gasteiger partial charge in [0.05, 0.1) is 25.3 Å². The van der Waals surface area contributed by atoms with E-state index < -0.39 is 11.7 Å². The highest BCUT2D eigenvalue weighted by atomic mass is 16.6. The van der Waals surface area contributed by atoms with Gasteiger partial charge in [0.15, 0.2) is 5.82 Å². The van der Waals surface area contributed by atoms with Gasteiger partial charge in [0, 0.05) is 36.4 Å². The van der Waals surface area contributed by atoms with E-state index in [-0.39, 0.29) is 12.5 Å². The Morgan fingerprint density at radius 1 is 1.12 bits per heavy atom. The number of benzene rings is 1. The zero-order chi connectivity index (χ0) is 23.6. The Bertz CT molecular complexity index is 1160. The Morgan fingerprint density at radius 2 is 1.82 bits per heavy atom. The number of fused-ring (bicyclic) bond motifs is 1. The molecule has 0 atom stereocenters. The Labute approximate surface area is 192 Å². The smallest absolute Gasteiger partial charge is 0.408 e. The molecule has 9 heteroatoms. The number of hydrogen-bond acceptors (Lipinski definition) is 7. The molecule has 0 radical (unpaired) electrons. The number of hydrogen-bond donors (Lipinski definition) is 1. The van der Waals surface area contributed by atoms with Gasteiger partial charge in [0.25, 0.3) is 5.91 Å². The molecule has 3 heterocycles. The van der Waals surface area contributed by atoms with Gasteiger partial charge >= 0.3 is 6.09 Å². The standard InChI is InChI=1S/C24H28N4O5/c1-15-9-17(21-25-12-18(13-26-21)22(29)28-5-7-31-8-6-28)10-16-11-19(32-20(15)16)14-27-23(30)33-24(2,3)4/h9-13H,5-8,14H2,1-4H3,(H,27,30). The summed E-state index contributed by atoms with van der Waals surface area (Å²) < 4.78 is 16.5. The SMILES string of the molecule is Cc1cc(-c2ncc(C(=O)N3CCOCC3)cn2)cc2cc(CNC(=O)OC(C)(C)C)oc12. The summed E-state index contributed by atoms with van der Waals surface area (Å²) in [5, 5.41) is 3.58. The Balaban J connectivity index is 1.49. The monoisotopic (exact) mass is 452 g/mol. The van der Waals surface area contributed by atoms with Crippen molar-refractivity contribution in [1.29, 1.82) is 0 Å². The number of nitrogens with one attached hydrogen (secondary N) is 1. The Kier molecular flexibility index (Phi) is 6.33. The van der Waals surface area contributed by atoms with E-state index in [0.717, 1.165) is 22.1 Å². The molecule has 1 saturated heterocycles. The van der Waals surface area contributed by atoms with Crippen LogP contribution in [0.3, 0.4) is 0 Å². The van der Waals surface area contributed by atoms with E-state index in [1.54, 1.807) is 17.3 Å². The van der Waals surface area contributed by atoms with Gasteiger partial charge in [-0.2, -0.15) is 0 Å². The zero-order valence-corrected chi connectivity index (χ0v) is 19.3. The molecule has 4 rings (SSSR count). The number of alkyl carbamates (subject to hydrolysis) is 1. The molecule has 1 fully saturated rings. The average Bonchev–Trinajstić information content (AvgIpc) is 3.20. The number of morpholine rings is 1. The van der Waals surface area contributed by atoms with Gasteiger partial charge in [-0.1, -0.05) is 0 Å². The predicted molar refractivity (Wildman–Crippen MR) is 122 cm³/mol. The molecule has 3 aromatic rings. The molecule has 0 unspecified atom stereocenters. The van der Waals surface area contributed by atoms with Crippen molar-refractivity contribution < 1.29 is 23.5 Å². The summed E-state index contributed by atoms with van der Waals surface area (Å²) in [4.78, 5) is 35.1. The fourth-order valence-electron chi connectivity index (χ4n) is 3.61. The summed E-state index contributed by atoms with van der Waals surface area (Å²) in [6, 6.07) is 5.75. The molecular formula is C24H28N4O5. The summed E-state index contributed by atoms with van der Waals surface area (Å²) in [7, 11) is 0. The van der Waals surface area contributed by atoms with Crippen molar-refractivity contribution in [3.8, 4) is 11.4 Å². The van der Waals surface area contributed by atoms with E-state index >= 15 is 0 Å². The molecule has 1 N–H and O–H groups in total. The van der Waals surface area contributed by atoms with Crippen LogP contribution in [0.15, 0.2) is 35.0 Å². The Morgan fingerprint density at radius 3 is 2.48 bits per heavy atom. The van der Waals surface area contributed by atoms with Crippen molar-refractivity contribution in [1.82, 2.24) is 20.2 Å². The van der Waals surface area contributed by atoms with Gasteiger partial charge in [-0.25, -0.2) is 14.8 Å². The number of carbonyl (C=O) groups excluding carboxylic acids is 2. The maximum Gasteiger partial charge on any atom is 0.408 e. The van der Waals surface area contributed by atoms with E-state index in [9.17, 15) is 9.59 Å². The number of carbonyl (C=O) groups is 2. The molecular weight excluding hydrogens is 424 g/mol. The maximum atomic E-state index is 12.6. The minimum Gasteiger partial charge on any atom is -0.459 e. The number of aryl methyl sites for hydroxylation is 1. The highest BCUT2D eigenvalue weighted by Crippen LogP contribution is 2.28. The van der Waals surface area contributed by atoms with E-state index in [4.69, 9.17) is 13.9 Å². The number of nitrogens with zero attached hydrogens (tertiary/aromatic N) is 3. The first kappa shape index (κ1) is 22.7. The van der Waals surface area contributed by atoms with E-state index in [1.165, 1.54) is 0 Å². The summed E-state index contributed by atoms with van der Waals surface area (Å²) in [6.45, 7) is 9.82. The average molecular weight is 453 g/mol. The highest BCUT2D eigenvalue weighted by molar-refractivity contribution is 5.94. The molecule has 0 spiro atoms. The second kappa shape index (κ2) is 9.19. The van der Waals surface area contributed by atoms with Gasteiger partial charge in [-0.05, 0) is 51.5 Å². The number of amides is 2. The third-order valence-electron chi connectivity index (χ3n) is 5.11. The number of rotatable bonds is 4. The summed E-state index contributed by atoms with van der Waals surface area (Å²) >= 11 is 0. The van der Waals surface area contributed by atoms with Crippen LogP contribution in [0, 0.1) is 6.92 Å². The molecule has 0 saturated carbocycles. The van der Waals surface area contributed by atoms with E-state index in [1.807, 2.05) is 45.9 Å². The van der Waals surface area contributed by atoms with Crippen LogP contribution in [0.2, 0.25) is 0 Å². The first-order chi connectivity index (χ1) is 15.7. The van der Waals surface area contributed by atoms with Crippen molar-refractivity contribution in [2.75, 3.05) is 26.3 Å². The van der Waals surface area contributed by atoms with Crippen molar-refractivity contribution >= 4 is 23.0 Å². The van der Waals surface area contributed by atoms with Gasteiger partial charge in [0.2, 0.25) is 0 Å². The van der Waals surface area contributed by atoms with Crippen molar-refractivity contribution in [3.63, 3.8) is 0 Å². The van der Waals surface area contributed by atoms with Crippen LogP contribution in [-0.2, 0) is 16.0 Å². The molecule has 0 aliphatic carbocycles.